The molecular weight excluding hydrogens is 212 g/mol. The molecule has 0 saturated heterocycles. The van der Waals surface area contributed by atoms with Crippen LogP contribution in [0.3, 0.4) is 0 Å². The largest absolute Gasteiger partial charge is 0.459 e. The van der Waals surface area contributed by atoms with Crippen LogP contribution in [-0.2, 0) is 9.53 Å². The minimum Gasteiger partial charge on any atom is -0.459 e. The van der Waals surface area contributed by atoms with E-state index in [0.29, 0.717) is 5.57 Å². The van der Waals surface area contributed by atoms with Crippen molar-refractivity contribution in [2.24, 2.45) is 0 Å². The highest BCUT2D eigenvalue weighted by molar-refractivity contribution is 5.87. The van der Waals surface area contributed by atoms with Crippen LogP contribution < -0.4 is 0 Å². The molecule has 0 bridgehead atoms. The highest BCUT2D eigenvalue weighted by Gasteiger charge is 2.18. The van der Waals surface area contributed by atoms with Gasteiger partial charge in [-0.1, -0.05) is 39.2 Å². The van der Waals surface area contributed by atoms with Gasteiger partial charge in [-0.3, -0.25) is 0 Å². The minimum absolute atomic E-state index is 0.156. The molecule has 0 unspecified atom stereocenters. The van der Waals surface area contributed by atoms with Crippen molar-refractivity contribution in [1.82, 2.24) is 0 Å². The smallest absolute Gasteiger partial charge is 0.333 e. The fraction of sp³-hybridized carbons (Fsp3) is 0.800. The predicted molar refractivity (Wildman–Crippen MR) is 70.9 cm³/mol. The van der Waals surface area contributed by atoms with Gasteiger partial charge in [0.25, 0.3) is 0 Å². The SMILES string of the molecule is C=C(CCCCCC)C(=O)OC1CCCCC1. The molecule has 0 aromatic rings. The molecule has 2 heteroatoms. The van der Waals surface area contributed by atoms with Crippen LogP contribution in [0.2, 0.25) is 0 Å². The van der Waals surface area contributed by atoms with Crippen LogP contribution in [-0.4, -0.2) is 12.1 Å². The second-order valence-electron chi connectivity index (χ2n) is 5.08. The molecule has 0 spiro atoms. The summed E-state index contributed by atoms with van der Waals surface area (Å²) in [6.45, 7) is 6.03. The van der Waals surface area contributed by atoms with Gasteiger partial charge >= 0.3 is 5.97 Å². The number of carbonyl (C=O) groups is 1. The first kappa shape index (κ1) is 14.3. The molecule has 0 heterocycles. The predicted octanol–water partition coefficient (Wildman–Crippen LogP) is 4.39. The Balaban J connectivity index is 2.15. The maximum Gasteiger partial charge on any atom is 0.333 e. The molecular formula is C15H26O2. The zero-order chi connectivity index (χ0) is 12.5. The zero-order valence-corrected chi connectivity index (χ0v) is 11.2. The molecule has 0 aromatic heterocycles. The molecule has 1 aliphatic rings. The first-order chi connectivity index (χ1) is 8.24. The van der Waals surface area contributed by atoms with Gasteiger partial charge in [-0.25, -0.2) is 4.79 Å². The van der Waals surface area contributed by atoms with Gasteiger partial charge < -0.3 is 4.74 Å². The molecule has 98 valence electrons. The number of unbranched alkanes of at least 4 members (excludes halogenated alkanes) is 3. The first-order valence-corrected chi connectivity index (χ1v) is 7.12. The van der Waals surface area contributed by atoms with E-state index in [9.17, 15) is 4.79 Å². The Hall–Kier alpha value is -0.790. The summed E-state index contributed by atoms with van der Waals surface area (Å²) in [6, 6.07) is 0. The summed E-state index contributed by atoms with van der Waals surface area (Å²) >= 11 is 0. The number of rotatable bonds is 7. The molecule has 1 rings (SSSR count). The van der Waals surface area contributed by atoms with Crippen molar-refractivity contribution < 1.29 is 9.53 Å². The molecule has 0 amide bonds. The second-order valence-corrected chi connectivity index (χ2v) is 5.08. The third-order valence-electron chi connectivity index (χ3n) is 3.45. The molecule has 0 aliphatic heterocycles. The van der Waals surface area contributed by atoms with Crippen molar-refractivity contribution in [3.8, 4) is 0 Å². The summed E-state index contributed by atoms with van der Waals surface area (Å²) < 4.78 is 5.47. The van der Waals surface area contributed by atoms with Crippen molar-refractivity contribution in [3.63, 3.8) is 0 Å². The van der Waals surface area contributed by atoms with Crippen LogP contribution >= 0.6 is 0 Å². The van der Waals surface area contributed by atoms with E-state index in [2.05, 4.69) is 13.5 Å². The maximum atomic E-state index is 11.8. The highest BCUT2D eigenvalue weighted by atomic mass is 16.5. The van der Waals surface area contributed by atoms with E-state index in [-0.39, 0.29) is 12.1 Å². The Morgan fingerprint density at radius 2 is 1.88 bits per heavy atom. The van der Waals surface area contributed by atoms with E-state index in [1.165, 1.54) is 38.5 Å². The van der Waals surface area contributed by atoms with Gasteiger partial charge in [0, 0.05) is 5.57 Å². The zero-order valence-electron chi connectivity index (χ0n) is 11.2. The van der Waals surface area contributed by atoms with Crippen molar-refractivity contribution in [3.05, 3.63) is 12.2 Å². The molecule has 17 heavy (non-hydrogen) atoms. The van der Waals surface area contributed by atoms with Crippen molar-refractivity contribution in [1.29, 1.82) is 0 Å². The quantitative estimate of drug-likeness (QED) is 0.373. The monoisotopic (exact) mass is 238 g/mol. The topological polar surface area (TPSA) is 26.3 Å². The summed E-state index contributed by atoms with van der Waals surface area (Å²) in [7, 11) is 0. The number of esters is 1. The van der Waals surface area contributed by atoms with Gasteiger partial charge in [-0.15, -0.1) is 0 Å². The van der Waals surface area contributed by atoms with Crippen LogP contribution in [0.4, 0.5) is 0 Å². The molecule has 1 fully saturated rings. The number of hydrogen-bond donors (Lipinski definition) is 0. The lowest BCUT2D eigenvalue weighted by Gasteiger charge is -2.22. The van der Waals surface area contributed by atoms with E-state index < -0.39 is 0 Å². The molecule has 0 radical (unpaired) electrons. The lowest BCUT2D eigenvalue weighted by Crippen LogP contribution is -2.21. The lowest BCUT2D eigenvalue weighted by atomic mass is 9.98. The molecule has 0 N–H and O–H groups in total. The average Bonchev–Trinajstić information content (AvgIpc) is 2.35. The average molecular weight is 238 g/mol. The first-order valence-electron chi connectivity index (χ1n) is 7.12. The number of ether oxygens (including phenoxy) is 1. The normalized spacial score (nSPS) is 16.8. The van der Waals surface area contributed by atoms with E-state index in [0.717, 1.165) is 25.7 Å². The van der Waals surface area contributed by atoms with Gasteiger partial charge in [0.1, 0.15) is 6.10 Å². The summed E-state index contributed by atoms with van der Waals surface area (Å²) in [4.78, 5) is 11.8. The molecule has 1 aliphatic carbocycles. The van der Waals surface area contributed by atoms with Gasteiger partial charge in [-0.2, -0.15) is 0 Å². The van der Waals surface area contributed by atoms with Gasteiger partial charge in [0.2, 0.25) is 0 Å². The maximum absolute atomic E-state index is 11.8. The third-order valence-corrected chi connectivity index (χ3v) is 3.45. The number of carbonyl (C=O) groups excluding carboxylic acids is 1. The Morgan fingerprint density at radius 1 is 1.18 bits per heavy atom. The standard InChI is InChI=1S/C15H26O2/c1-3-4-5-7-10-13(2)15(16)17-14-11-8-6-9-12-14/h14H,2-12H2,1H3. The molecule has 1 saturated carbocycles. The van der Waals surface area contributed by atoms with Gasteiger partial charge in [0.05, 0.1) is 0 Å². The Kier molecular flexibility index (Phi) is 6.99. The molecule has 0 atom stereocenters. The van der Waals surface area contributed by atoms with Gasteiger partial charge in [0.15, 0.2) is 0 Å². The lowest BCUT2D eigenvalue weighted by molar-refractivity contribution is -0.145. The summed E-state index contributed by atoms with van der Waals surface area (Å²) in [5.74, 6) is -0.159. The van der Waals surface area contributed by atoms with Crippen molar-refractivity contribution >= 4 is 5.97 Å². The van der Waals surface area contributed by atoms with Gasteiger partial charge in [-0.05, 0) is 38.5 Å². The van der Waals surface area contributed by atoms with Crippen LogP contribution in [0.1, 0.15) is 71.1 Å². The highest BCUT2D eigenvalue weighted by Crippen LogP contribution is 2.21. The molecule has 2 nitrogen and oxygen atoms in total. The fourth-order valence-electron chi connectivity index (χ4n) is 2.28. The summed E-state index contributed by atoms with van der Waals surface area (Å²) in [5, 5.41) is 0. The van der Waals surface area contributed by atoms with Crippen LogP contribution in [0.5, 0.6) is 0 Å². The van der Waals surface area contributed by atoms with E-state index in [1.54, 1.807) is 0 Å². The summed E-state index contributed by atoms with van der Waals surface area (Å²) in [5.41, 5.74) is 0.659. The Labute approximate surface area is 105 Å². The van der Waals surface area contributed by atoms with Crippen molar-refractivity contribution in [2.75, 3.05) is 0 Å². The van der Waals surface area contributed by atoms with Crippen molar-refractivity contribution in [2.45, 2.75) is 77.2 Å². The Morgan fingerprint density at radius 3 is 2.53 bits per heavy atom. The van der Waals surface area contributed by atoms with E-state index in [4.69, 9.17) is 4.74 Å². The third kappa shape index (κ3) is 5.90. The molecule has 0 aromatic carbocycles. The van der Waals surface area contributed by atoms with Crippen LogP contribution in [0.15, 0.2) is 12.2 Å². The van der Waals surface area contributed by atoms with Crippen LogP contribution in [0.25, 0.3) is 0 Å². The number of hydrogen-bond acceptors (Lipinski definition) is 2. The van der Waals surface area contributed by atoms with E-state index in [1.807, 2.05) is 0 Å². The second kappa shape index (κ2) is 8.32. The minimum atomic E-state index is -0.159. The summed E-state index contributed by atoms with van der Waals surface area (Å²) in [6.07, 6.45) is 11.4. The van der Waals surface area contributed by atoms with Crippen LogP contribution in [0, 0.1) is 0 Å². The fourth-order valence-corrected chi connectivity index (χ4v) is 2.28. The Bertz CT molecular complexity index is 239. The van der Waals surface area contributed by atoms with E-state index >= 15 is 0 Å².